The number of amides is 1. The van der Waals surface area contributed by atoms with E-state index in [1.165, 1.54) is 34.6 Å². The van der Waals surface area contributed by atoms with E-state index in [9.17, 15) is 22.7 Å². The molecule has 0 unspecified atom stereocenters. The van der Waals surface area contributed by atoms with E-state index >= 15 is 0 Å². The highest BCUT2D eigenvalue weighted by Crippen LogP contribution is 2.32. The molecule has 1 heterocycles. The second-order valence-corrected chi connectivity index (χ2v) is 8.39. The SMILES string of the molecule is O=C(Nc1cc(N2CCCS2(=O)=O)ccc1O)c1cc(F)ccc1Br. The number of hydrogen-bond acceptors (Lipinski definition) is 4. The fourth-order valence-corrected chi connectivity index (χ4v) is 4.55. The van der Waals surface area contributed by atoms with Gasteiger partial charge in [0.15, 0.2) is 0 Å². The maximum atomic E-state index is 13.4. The van der Waals surface area contributed by atoms with Crippen LogP contribution >= 0.6 is 15.9 Å². The van der Waals surface area contributed by atoms with Gasteiger partial charge in [-0.15, -0.1) is 0 Å². The van der Waals surface area contributed by atoms with Crippen molar-refractivity contribution in [2.45, 2.75) is 6.42 Å². The highest BCUT2D eigenvalue weighted by Gasteiger charge is 2.29. The molecule has 2 N–H and O–H groups in total. The lowest BCUT2D eigenvalue weighted by Gasteiger charge is -2.18. The molecule has 0 radical (unpaired) electrons. The topological polar surface area (TPSA) is 86.7 Å². The molecule has 0 aromatic heterocycles. The van der Waals surface area contributed by atoms with Gasteiger partial charge in [-0.1, -0.05) is 0 Å². The summed E-state index contributed by atoms with van der Waals surface area (Å²) in [4.78, 5) is 12.3. The number of aromatic hydroxyl groups is 1. The number of phenolic OH excluding ortho intramolecular Hbond substituents is 1. The molecule has 2 aromatic carbocycles. The minimum Gasteiger partial charge on any atom is -0.506 e. The minimum atomic E-state index is -3.38. The Labute approximate surface area is 152 Å². The minimum absolute atomic E-state index is 0.0424. The average molecular weight is 429 g/mol. The van der Waals surface area contributed by atoms with Gasteiger partial charge in [-0.05, 0) is 58.7 Å². The number of nitrogens with zero attached hydrogens (tertiary/aromatic N) is 1. The highest BCUT2D eigenvalue weighted by atomic mass is 79.9. The van der Waals surface area contributed by atoms with Crippen LogP contribution in [0.3, 0.4) is 0 Å². The van der Waals surface area contributed by atoms with Crippen LogP contribution in [0.1, 0.15) is 16.8 Å². The number of hydrogen-bond donors (Lipinski definition) is 2. The van der Waals surface area contributed by atoms with Crippen LogP contribution in [-0.2, 0) is 10.0 Å². The van der Waals surface area contributed by atoms with Crippen LogP contribution in [-0.4, -0.2) is 31.7 Å². The molecule has 1 aliphatic heterocycles. The zero-order valence-electron chi connectivity index (χ0n) is 12.9. The summed E-state index contributed by atoms with van der Waals surface area (Å²) in [7, 11) is -3.38. The first kappa shape index (κ1) is 17.7. The van der Waals surface area contributed by atoms with Gasteiger partial charge in [0.1, 0.15) is 11.6 Å². The number of sulfonamides is 1. The Morgan fingerprint density at radius 2 is 2.00 bits per heavy atom. The van der Waals surface area contributed by atoms with Crippen molar-refractivity contribution in [3.63, 3.8) is 0 Å². The second kappa shape index (κ2) is 6.64. The first-order chi connectivity index (χ1) is 11.8. The predicted molar refractivity (Wildman–Crippen MR) is 95.9 cm³/mol. The van der Waals surface area contributed by atoms with Crippen molar-refractivity contribution in [3.8, 4) is 5.75 Å². The fraction of sp³-hybridized carbons (Fsp3) is 0.188. The second-order valence-electron chi connectivity index (χ2n) is 5.52. The Hall–Kier alpha value is -2.13. The smallest absolute Gasteiger partial charge is 0.257 e. The van der Waals surface area contributed by atoms with Crippen LogP contribution in [0.2, 0.25) is 0 Å². The number of halogens is 2. The normalized spacial score (nSPS) is 16.0. The summed E-state index contributed by atoms with van der Waals surface area (Å²) in [6.45, 7) is 0.343. The Morgan fingerprint density at radius 1 is 1.24 bits per heavy atom. The Kier molecular flexibility index (Phi) is 4.70. The molecule has 3 rings (SSSR count). The third kappa shape index (κ3) is 3.62. The van der Waals surface area contributed by atoms with Gasteiger partial charge in [0.2, 0.25) is 10.0 Å². The number of benzene rings is 2. The van der Waals surface area contributed by atoms with E-state index in [-0.39, 0.29) is 22.8 Å². The Morgan fingerprint density at radius 3 is 2.68 bits per heavy atom. The lowest BCUT2D eigenvalue weighted by Crippen LogP contribution is -2.25. The number of carbonyl (C=O) groups is 1. The van der Waals surface area contributed by atoms with Gasteiger partial charge < -0.3 is 10.4 Å². The predicted octanol–water partition coefficient (Wildman–Crippen LogP) is 3.09. The largest absolute Gasteiger partial charge is 0.506 e. The van der Waals surface area contributed by atoms with E-state index in [1.807, 2.05) is 0 Å². The third-order valence-corrected chi connectivity index (χ3v) is 6.35. The molecule has 0 saturated carbocycles. The van der Waals surface area contributed by atoms with Gasteiger partial charge in [0, 0.05) is 11.0 Å². The lowest BCUT2D eigenvalue weighted by atomic mass is 10.2. The molecule has 25 heavy (non-hydrogen) atoms. The number of anilines is 2. The third-order valence-electron chi connectivity index (χ3n) is 3.79. The summed E-state index contributed by atoms with van der Waals surface area (Å²) in [5, 5.41) is 12.4. The van der Waals surface area contributed by atoms with Crippen LogP contribution in [0.4, 0.5) is 15.8 Å². The van der Waals surface area contributed by atoms with E-state index in [0.717, 1.165) is 6.07 Å². The van der Waals surface area contributed by atoms with Crippen LogP contribution in [0.5, 0.6) is 5.75 Å². The molecule has 1 aliphatic rings. The summed E-state index contributed by atoms with van der Waals surface area (Å²) in [6.07, 6.45) is 0.515. The van der Waals surface area contributed by atoms with Crippen molar-refractivity contribution < 1.29 is 22.7 Å². The molecular formula is C16H14BrFN2O4S. The van der Waals surface area contributed by atoms with Crippen LogP contribution in [0.15, 0.2) is 40.9 Å². The summed E-state index contributed by atoms with van der Waals surface area (Å²) in [6, 6.07) is 7.81. The molecule has 9 heteroatoms. The number of carbonyl (C=O) groups excluding carboxylic acids is 1. The van der Waals surface area contributed by atoms with Crippen LogP contribution < -0.4 is 9.62 Å². The van der Waals surface area contributed by atoms with Crippen molar-refractivity contribution in [1.82, 2.24) is 0 Å². The van der Waals surface area contributed by atoms with E-state index in [4.69, 9.17) is 0 Å². The van der Waals surface area contributed by atoms with E-state index in [0.29, 0.717) is 23.1 Å². The number of rotatable bonds is 3. The standard InChI is InChI=1S/C16H14BrFN2O4S/c17-13-4-2-10(18)8-12(13)16(22)19-14-9-11(3-5-15(14)21)20-6-1-7-25(20,23)24/h2-5,8-9,21H,1,6-7H2,(H,19,22). The Balaban J connectivity index is 1.91. The molecule has 0 atom stereocenters. The molecule has 0 aliphatic carbocycles. The molecule has 0 bridgehead atoms. The highest BCUT2D eigenvalue weighted by molar-refractivity contribution is 9.10. The molecule has 0 spiro atoms. The maximum absolute atomic E-state index is 13.4. The quantitative estimate of drug-likeness (QED) is 0.735. The monoisotopic (exact) mass is 428 g/mol. The molecule has 132 valence electrons. The number of nitrogens with one attached hydrogen (secondary N) is 1. The van der Waals surface area contributed by atoms with E-state index in [2.05, 4.69) is 21.2 Å². The zero-order chi connectivity index (χ0) is 18.2. The van der Waals surface area contributed by atoms with Gasteiger partial charge in [0.05, 0.1) is 22.7 Å². The summed E-state index contributed by atoms with van der Waals surface area (Å²) in [5.74, 6) is -1.37. The van der Waals surface area contributed by atoms with Gasteiger partial charge in [0.25, 0.3) is 5.91 Å². The van der Waals surface area contributed by atoms with Crippen LogP contribution in [0, 0.1) is 5.82 Å². The molecular weight excluding hydrogens is 415 g/mol. The summed E-state index contributed by atoms with van der Waals surface area (Å²) < 4.78 is 39.0. The maximum Gasteiger partial charge on any atom is 0.257 e. The molecule has 6 nitrogen and oxygen atoms in total. The number of phenols is 1. The molecule has 1 amide bonds. The first-order valence-corrected chi connectivity index (χ1v) is 9.78. The molecule has 1 saturated heterocycles. The van der Waals surface area contributed by atoms with Crippen molar-refractivity contribution in [2.24, 2.45) is 0 Å². The summed E-state index contributed by atoms with van der Waals surface area (Å²) in [5.41, 5.74) is 0.447. The van der Waals surface area contributed by atoms with Crippen molar-refractivity contribution in [3.05, 3.63) is 52.3 Å². The molecule has 2 aromatic rings. The molecule has 1 fully saturated rings. The summed E-state index contributed by atoms with van der Waals surface area (Å²) >= 11 is 3.17. The van der Waals surface area contributed by atoms with E-state index in [1.54, 1.807) is 0 Å². The van der Waals surface area contributed by atoms with Gasteiger partial charge >= 0.3 is 0 Å². The average Bonchev–Trinajstić information content (AvgIpc) is 2.91. The zero-order valence-corrected chi connectivity index (χ0v) is 15.3. The van der Waals surface area contributed by atoms with Gasteiger partial charge in [-0.25, -0.2) is 12.8 Å². The Bertz CT molecular complexity index is 949. The van der Waals surface area contributed by atoms with E-state index < -0.39 is 21.7 Å². The van der Waals surface area contributed by atoms with Crippen molar-refractivity contribution >= 4 is 43.2 Å². The van der Waals surface area contributed by atoms with Crippen molar-refractivity contribution in [1.29, 1.82) is 0 Å². The van der Waals surface area contributed by atoms with Gasteiger partial charge in [-0.3, -0.25) is 9.10 Å². The van der Waals surface area contributed by atoms with Crippen molar-refractivity contribution in [2.75, 3.05) is 21.9 Å². The van der Waals surface area contributed by atoms with Gasteiger partial charge in [-0.2, -0.15) is 0 Å². The lowest BCUT2D eigenvalue weighted by molar-refractivity contribution is 0.102. The first-order valence-electron chi connectivity index (χ1n) is 7.38. The van der Waals surface area contributed by atoms with Crippen LogP contribution in [0.25, 0.3) is 0 Å². The fourth-order valence-electron chi connectivity index (χ4n) is 2.57.